The van der Waals surface area contributed by atoms with Crippen molar-refractivity contribution >= 4 is 17.6 Å². The lowest BCUT2D eigenvalue weighted by Gasteiger charge is -2.10. The lowest BCUT2D eigenvalue weighted by Crippen LogP contribution is -2.26. The molecule has 0 bridgehead atoms. The number of anilines is 1. The molecule has 128 valence electrons. The molecule has 0 aliphatic rings. The number of rotatable bonds is 6. The molecule has 0 unspecified atom stereocenters. The molecule has 5 nitrogen and oxygen atoms in total. The Hall–Kier alpha value is -2.25. The van der Waals surface area contributed by atoms with E-state index in [9.17, 15) is 13.2 Å². The van der Waals surface area contributed by atoms with Gasteiger partial charge in [-0.15, -0.1) is 0 Å². The summed E-state index contributed by atoms with van der Waals surface area (Å²) in [5, 5.41) is 2.56. The first-order valence-electron chi connectivity index (χ1n) is 7.41. The number of nitrogens with one attached hydrogen (secondary N) is 1. The number of nitrogens with two attached hydrogens (primary N) is 2. The van der Waals surface area contributed by atoms with Gasteiger partial charge in [0.1, 0.15) is 0 Å². The molecule has 0 aliphatic heterocycles. The lowest BCUT2D eigenvalue weighted by molar-refractivity contribution is -0.137. The van der Waals surface area contributed by atoms with Crippen LogP contribution in [0.5, 0.6) is 0 Å². The predicted octanol–water partition coefficient (Wildman–Crippen LogP) is 3.33. The third-order valence-corrected chi connectivity index (χ3v) is 2.98. The molecule has 0 saturated heterocycles. The SMILES string of the molecule is CCCCCCN=C(N)/N=C(\N)Nc1cccc(C(F)(F)F)c1. The molecule has 0 amide bonds. The van der Waals surface area contributed by atoms with Crippen LogP contribution in [-0.4, -0.2) is 18.5 Å². The number of benzene rings is 1. The number of guanidine groups is 2. The Morgan fingerprint density at radius 3 is 2.57 bits per heavy atom. The third-order valence-electron chi connectivity index (χ3n) is 2.98. The van der Waals surface area contributed by atoms with E-state index in [2.05, 4.69) is 22.2 Å². The van der Waals surface area contributed by atoms with E-state index in [0.29, 0.717) is 6.54 Å². The van der Waals surface area contributed by atoms with Gasteiger partial charge in [0.25, 0.3) is 0 Å². The average Bonchev–Trinajstić information content (AvgIpc) is 2.46. The summed E-state index contributed by atoms with van der Waals surface area (Å²) < 4.78 is 37.8. The summed E-state index contributed by atoms with van der Waals surface area (Å²) >= 11 is 0. The standard InChI is InChI=1S/C15H22F3N5/c1-2-3-4-5-9-21-13(19)23-14(20)22-12-8-6-7-11(10-12)15(16,17)18/h6-8,10H,2-5,9H2,1H3,(H5,19,20,21,22,23). The second kappa shape index (κ2) is 9.02. The summed E-state index contributed by atoms with van der Waals surface area (Å²) in [6.45, 7) is 2.66. The van der Waals surface area contributed by atoms with Gasteiger partial charge in [0.15, 0.2) is 0 Å². The fourth-order valence-electron chi connectivity index (χ4n) is 1.84. The summed E-state index contributed by atoms with van der Waals surface area (Å²) in [5.41, 5.74) is 10.6. The third kappa shape index (κ3) is 7.53. The van der Waals surface area contributed by atoms with Gasteiger partial charge in [-0.05, 0) is 24.6 Å². The number of hydrogen-bond acceptors (Lipinski definition) is 1. The smallest absolute Gasteiger partial charge is 0.369 e. The normalized spacial score (nSPS) is 13.2. The van der Waals surface area contributed by atoms with Gasteiger partial charge in [0.05, 0.1) is 5.56 Å². The molecule has 0 fully saturated rings. The Labute approximate surface area is 133 Å². The van der Waals surface area contributed by atoms with E-state index >= 15 is 0 Å². The number of halogens is 3. The first-order chi connectivity index (χ1) is 10.8. The van der Waals surface area contributed by atoms with Gasteiger partial charge in [-0.3, -0.25) is 4.99 Å². The van der Waals surface area contributed by atoms with Crippen molar-refractivity contribution in [2.75, 3.05) is 11.9 Å². The van der Waals surface area contributed by atoms with Crippen LogP contribution in [0.3, 0.4) is 0 Å². The predicted molar refractivity (Wildman–Crippen MR) is 87.3 cm³/mol. The highest BCUT2D eigenvalue weighted by atomic mass is 19.4. The number of unbranched alkanes of at least 4 members (excludes halogenated alkanes) is 3. The Balaban J connectivity index is 2.61. The van der Waals surface area contributed by atoms with Crippen LogP contribution in [0, 0.1) is 0 Å². The van der Waals surface area contributed by atoms with Gasteiger partial charge in [0, 0.05) is 12.2 Å². The van der Waals surface area contributed by atoms with Crippen molar-refractivity contribution in [1.82, 2.24) is 0 Å². The van der Waals surface area contributed by atoms with Crippen molar-refractivity contribution in [1.29, 1.82) is 0 Å². The molecule has 1 aromatic carbocycles. The monoisotopic (exact) mass is 329 g/mol. The van der Waals surface area contributed by atoms with Crippen molar-refractivity contribution < 1.29 is 13.2 Å². The minimum atomic E-state index is -4.41. The van der Waals surface area contributed by atoms with Crippen LogP contribution < -0.4 is 16.8 Å². The molecule has 0 heterocycles. The highest BCUT2D eigenvalue weighted by Gasteiger charge is 2.30. The summed E-state index contributed by atoms with van der Waals surface area (Å²) in [5.74, 6) is -0.113. The lowest BCUT2D eigenvalue weighted by atomic mass is 10.2. The van der Waals surface area contributed by atoms with E-state index in [1.165, 1.54) is 12.1 Å². The van der Waals surface area contributed by atoms with Gasteiger partial charge in [-0.25, -0.2) is 0 Å². The number of alkyl halides is 3. The number of hydrogen-bond donors (Lipinski definition) is 3. The van der Waals surface area contributed by atoms with Crippen LogP contribution in [-0.2, 0) is 6.18 Å². The topological polar surface area (TPSA) is 88.8 Å². The minimum Gasteiger partial charge on any atom is -0.369 e. The van der Waals surface area contributed by atoms with Crippen molar-refractivity contribution in [2.45, 2.75) is 38.8 Å². The van der Waals surface area contributed by atoms with Crippen LogP contribution in [0.15, 0.2) is 34.3 Å². The largest absolute Gasteiger partial charge is 0.416 e. The molecule has 0 atom stereocenters. The maximum atomic E-state index is 12.6. The van der Waals surface area contributed by atoms with Crippen LogP contribution in [0.1, 0.15) is 38.2 Å². The zero-order valence-electron chi connectivity index (χ0n) is 13.0. The zero-order valence-corrected chi connectivity index (χ0v) is 13.0. The van der Waals surface area contributed by atoms with Crippen LogP contribution in [0.4, 0.5) is 18.9 Å². The van der Waals surface area contributed by atoms with E-state index in [1.807, 2.05) is 0 Å². The molecular weight excluding hydrogens is 307 g/mol. The van der Waals surface area contributed by atoms with E-state index < -0.39 is 11.7 Å². The molecular formula is C15H22F3N5. The maximum Gasteiger partial charge on any atom is 0.416 e. The van der Waals surface area contributed by atoms with Crippen LogP contribution in [0.25, 0.3) is 0 Å². The van der Waals surface area contributed by atoms with E-state index in [0.717, 1.165) is 37.8 Å². The maximum absolute atomic E-state index is 12.6. The summed E-state index contributed by atoms with van der Waals surface area (Å²) in [4.78, 5) is 7.85. The minimum absolute atomic E-state index is 0.00141. The quantitative estimate of drug-likeness (QED) is 0.425. The highest BCUT2D eigenvalue weighted by Crippen LogP contribution is 2.30. The first kappa shape index (κ1) is 18.8. The summed E-state index contributed by atoms with van der Waals surface area (Å²) in [7, 11) is 0. The fraction of sp³-hybridized carbons (Fsp3) is 0.467. The molecule has 0 saturated carbocycles. The Kier molecular flexibility index (Phi) is 7.37. The molecule has 0 aromatic heterocycles. The van der Waals surface area contributed by atoms with Gasteiger partial charge < -0.3 is 16.8 Å². The fourth-order valence-corrected chi connectivity index (χ4v) is 1.84. The highest BCUT2D eigenvalue weighted by molar-refractivity contribution is 6.00. The van der Waals surface area contributed by atoms with Gasteiger partial charge >= 0.3 is 6.18 Å². The van der Waals surface area contributed by atoms with Crippen molar-refractivity contribution in [2.24, 2.45) is 21.5 Å². The van der Waals surface area contributed by atoms with Gasteiger partial charge in [-0.2, -0.15) is 18.2 Å². The molecule has 0 radical (unpaired) electrons. The Bertz CT molecular complexity index is 552. The molecule has 23 heavy (non-hydrogen) atoms. The molecule has 8 heteroatoms. The van der Waals surface area contributed by atoms with Gasteiger partial charge in [0.2, 0.25) is 11.9 Å². The van der Waals surface area contributed by atoms with Crippen molar-refractivity contribution in [3.63, 3.8) is 0 Å². The zero-order chi connectivity index (χ0) is 17.3. The van der Waals surface area contributed by atoms with E-state index in [1.54, 1.807) is 0 Å². The van der Waals surface area contributed by atoms with Crippen molar-refractivity contribution in [3.8, 4) is 0 Å². The molecule has 1 aromatic rings. The summed E-state index contributed by atoms with van der Waals surface area (Å²) in [6, 6.07) is 4.66. The average molecular weight is 329 g/mol. The van der Waals surface area contributed by atoms with Crippen LogP contribution >= 0.6 is 0 Å². The van der Waals surface area contributed by atoms with Gasteiger partial charge in [-0.1, -0.05) is 32.3 Å². The molecule has 1 rings (SSSR count). The number of aliphatic imine (C=N–C) groups is 2. The second-order valence-electron chi connectivity index (χ2n) is 5.00. The van der Waals surface area contributed by atoms with Crippen LogP contribution in [0.2, 0.25) is 0 Å². The second-order valence-corrected chi connectivity index (χ2v) is 5.00. The molecule has 0 aliphatic carbocycles. The van der Waals surface area contributed by atoms with E-state index in [-0.39, 0.29) is 17.6 Å². The van der Waals surface area contributed by atoms with Crippen molar-refractivity contribution in [3.05, 3.63) is 29.8 Å². The molecule has 0 spiro atoms. The number of nitrogens with zero attached hydrogens (tertiary/aromatic N) is 2. The Morgan fingerprint density at radius 1 is 1.17 bits per heavy atom. The van der Waals surface area contributed by atoms with E-state index in [4.69, 9.17) is 11.5 Å². The Morgan fingerprint density at radius 2 is 1.91 bits per heavy atom. The molecule has 5 N–H and O–H groups in total. The summed E-state index contributed by atoms with van der Waals surface area (Å²) in [6.07, 6.45) is -0.175. The first-order valence-corrected chi connectivity index (χ1v) is 7.41.